The Bertz CT molecular complexity index is 408. The molecule has 1 rings (SSSR count). The summed E-state index contributed by atoms with van der Waals surface area (Å²) in [7, 11) is 0. The number of rotatable bonds is 5. The van der Waals surface area contributed by atoms with Crippen molar-refractivity contribution in [2.75, 3.05) is 0 Å². The maximum absolute atomic E-state index is 10.9. The molecule has 0 aliphatic heterocycles. The molecule has 2 unspecified atom stereocenters. The lowest BCUT2D eigenvalue weighted by atomic mass is 10.0. The largest absolute Gasteiger partial charge is 0.442 e. The normalized spacial score (nSPS) is 13.4. The van der Waals surface area contributed by atoms with E-state index in [-0.39, 0.29) is 0 Å². The van der Waals surface area contributed by atoms with Gasteiger partial charge in [-0.05, 0) is 12.0 Å². The summed E-state index contributed by atoms with van der Waals surface area (Å²) >= 11 is 0. The number of hydrogen-bond acceptors (Lipinski definition) is 4. The second kappa shape index (κ2) is 6.48. The molecule has 0 radical (unpaired) electrons. The first-order valence-electron chi connectivity index (χ1n) is 5.51. The van der Waals surface area contributed by atoms with E-state index in [0.717, 1.165) is 0 Å². The minimum absolute atomic E-state index is 0.440. The molecule has 0 fully saturated rings. The van der Waals surface area contributed by atoms with Gasteiger partial charge in [0, 0.05) is 0 Å². The Labute approximate surface area is 105 Å². The van der Waals surface area contributed by atoms with Crippen molar-refractivity contribution >= 4 is 12.2 Å². The van der Waals surface area contributed by atoms with Gasteiger partial charge in [-0.3, -0.25) is 0 Å². The lowest BCUT2D eigenvalue weighted by Crippen LogP contribution is -2.32. The van der Waals surface area contributed by atoms with Crippen molar-refractivity contribution < 1.29 is 19.1 Å². The van der Waals surface area contributed by atoms with Gasteiger partial charge >= 0.3 is 12.2 Å². The summed E-state index contributed by atoms with van der Waals surface area (Å²) in [6.45, 7) is 1.79. The lowest BCUT2D eigenvalue weighted by Gasteiger charge is -2.25. The Balaban J connectivity index is 2.96. The highest BCUT2D eigenvalue weighted by Gasteiger charge is 2.27. The smallest absolute Gasteiger partial charge is 0.405 e. The van der Waals surface area contributed by atoms with Crippen molar-refractivity contribution in [1.29, 1.82) is 0 Å². The predicted octanol–water partition coefficient (Wildman–Crippen LogP) is 1.70. The highest BCUT2D eigenvalue weighted by atomic mass is 16.6. The zero-order valence-corrected chi connectivity index (χ0v) is 10.0. The van der Waals surface area contributed by atoms with E-state index in [1.165, 1.54) is 0 Å². The van der Waals surface area contributed by atoms with Gasteiger partial charge in [0.05, 0.1) is 0 Å². The minimum atomic E-state index is -0.935. The number of primary amides is 2. The number of hydrogen-bond donors (Lipinski definition) is 2. The van der Waals surface area contributed by atoms with E-state index in [0.29, 0.717) is 12.0 Å². The molecule has 0 bridgehead atoms. The van der Waals surface area contributed by atoms with Crippen LogP contribution >= 0.6 is 0 Å². The molecular formula is C12H16N2O4. The van der Waals surface area contributed by atoms with Crippen LogP contribution in [-0.2, 0) is 9.47 Å². The van der Waals surface area contributed by atoms with Crippen molar-refractivity contribution in [3.8, 4) is 0 Å². The molecule has 1 aromatic carbocycles. The molecule has 0 saturated carbocycles. The molecule has 4 N–H and O–H groups in total. The Morgan fingerprint density at radius 1 is 1.11 bits per heavy atom. The molecule has 2 amide bonds. The third kappa shape index (κ3) is 3.97. The molecule has 0 aromatic heterocycles. The molecular weight excluding hydrogens is 236 g/mol. The summed E-state index contributed by atoms with van der Waals surface area (Å²) in [5.74, 6) is 0. The van der Waals surface area contributed by atoms with Crippen LogP contribution < -0.4 is 11.5 Å². The van der Waals surface area contributed by atoms with Crippen LogP contribution in [0.2, 0.25) is 0 Å². The van der Waals surface area contributed by atoms with Gasteiger partial charge in [0.15, 0.2) is 6.10 Å². The third-order valence-corrected chi connectivity index (χ3v) is 2.38. The topological polar surface area (TPSA) is 105 Å². The van der Waals surface area contributed by atoms with Gasteiger partial charge in [-0.15, -0.1) is 0 Å². The Morgan fingerprint density at radius 2 is 1.67 bits per heavy atom. The standard InChI is InChI=1S/C12H16N2O4/c1-2-9(17-11(13)15)10(18-12(14)16)8-6-4-3-5-7-8/h3-7,9-10H,2H2,1H3,(H2,13,15)(H2,14,16). The van der Waals surface area contributed by atoms with Gasteiger partial charge in [0.25, 0.3) is 0 Å². The van der Waals surface area contributed by atoms with Gasteiger partial charge in [-0.2, -0.15) is 0 Å². The molecule has 0 aliphatic rings. The van der Waals surface area contributed by atoms with E-state index in [1.54, 1.807) is 31.2 Å². The van der Waals surface area contributed by atoms with Crippen LogP contribution in [-0.4, -0.2) is 18.3 Å². The van der Waals surface area contributed by atoms with Crippen molar-refractivity contribution in [2.24, 2.45) is 11.5 Å². The Morgan fingerprint density at radius 3 is 2.11 bits per heavy atom. The minimum Gasteiger partial charge on any atom is -0.442 e. The molecule has 1 aromatic rings. The molecule has 0 aliphatic carbocycles. The molecule has 18 heavy (non-hydrogen) atoms. The summed E-state index contributed by atoms with van der Waals surface area (Å²) in [4.78, 5) is 21.7. The third-order valence-electron chi connectivity index (χ3n) is 2.38. The quantitative estimate of drug-likeness (QED) is 0.831. The average molecular weight is 252 g/mol. The van der Waals surface area contributed by atoms with E-state index in [2.05, 4.69) is 0 Å². The van der Waals surface area contributed by atoms with Gasteiger partial charge < -0.3 is 20.9 Å². The lowest BCUT2D eigenvalue weighted by molar-refractivity contribution is -0.00651. The van der Waals surface area contributed by atoms with Crippen molar-refractivity contribution in [3.63, 3.8) is 0 Å². The van der Waals surface area contributed by atoms with Crippen molar-refractivity contribution in [2.45, 2.75) is 25.6 Å². The predicted molar refractivity (Wildman–Crippen MR) is 64.6 cm³/mol. The first-order chi connectivity index (χ1) is 8.54. The van der Waals surface area contributed by atoms with Gasteiger partial charge in [0.1, 0.15) is 6.10 Å². The van der Waals surface area contributed by atoms with Crippen molar-refractivity contribution in [1.82, 2.24) is 0 Å². The van der Waals surface area contributed by atoms with E-state index in [9.17, 15) is 9.59 Å². The van der Waals surface area contributed by atoms with Crippen LogP contribution in [0.15, 0.2) is 30.3 Å². The number of ether oxygens (including phenoxy) is 2. The van der Waals surface area contributed by atoms with Crippen molar-refractivity contribution in [3.05, 3.63) is 35.9 Å². The number of amides is 2. The van der Waals surface area contributed by atoms with Crippen LogP contribution in [0.25, 0.3) is 0 Å². The molecule has 6 heteroatoms. The van der Waals surface area contributed by atoms with E-state index < -0.39 is 24.4 Å². The zero-order chi connectivity index (χ0) is 13.5. The van der Waals surface area contributed by atoms with Crippen LogP contribution in [0.3, 0.4) is 0 Å². The number of nitrogens with two attached hydrogens (primary N) is 2. The first kappa shape index (κ1) is 13.8. The fourth-order valence-electron chi connectivity index (χ4n) is 1.63. The summed E-state index contributed by atoms with van der Waals surface area (Å²) in [6.07, 6.45) is -2.85. The molecule has 0 spiro atoms. The summed E-state index contributed by atoms with van der Waals surface area (Å²) in [6, 6.07) is 8.88. The summed E-state index contributed by atoms with van der Waals surface area (Å²) in [5.41, 5.74) is 10.7. The second-order valence-corrected chi connectivity index (χ2v) is 3.65. The van der Waals surface area contributed by atoms with Crippen LogP contribution in [0, 0.1) is 0 Å². The molecule has 2 atom stereocenters. The Hall–Kier alpha value is -2.24. The van der Waals surface area contributed by atoms with E-state index >= 15 is 0 Å². The molecule has 0 saturated heterocycles. The number of carbonyl (C=O) groups is 2. The van der Waals surface area contributed by atoms with Crippen LogP contribution in [0.4, 0.5) is 9.59 Å². The molecule has 98 valence electrons. The van der Waals surface area contributed by atoms with E-state index in [4.69, 9.17) is 20.9 Å². The fraction of sp³-hybridized carbons (Fsp3) is 0.333. The second-order valence-electron chi connectivity index (χ2n) is 3.65. The highest BCUT2D eigenvalue weighted by Crippen LogP contribution is 2.25. The van der Waals surface area contributed by atoms with E-state index in [1.807, 2.05) is 6.07 Å². The molecule has 6 nitrogen and oxygen atoms in total. The molecule has 0 heterocycles. The van der Waals surface area contributed by atoms with Crippen LogP contribution in [0.5, 0.6) is 0 Å². The van der Waals surface area contributed by atoms with Gasteiger partial charge in [0.2, 0.25) is 0 Å². The summed E-state index contributed by atoms with van der Waals surface area (Å²) < 4.78 is 9.92. The summed E-state index contributed by atoms with van der Waals surface area (Å²) in [5, 5.41) is 0. The number of carbonyl (C=O) groups excluding carboxylic acids is 2. The Kier molecular flexibility index (Phi) is 4.98. The SMILES string of the molecule is CCC(OC(N)=O)C(OC(N)=O)c1ccccc1. The first-order valence-corrected chi connectivity index (χ1v) is 5.51. The van der Waals surface area contributed by atoms with Gasteiger partial charge in [-0.1, -0.05) is 37.3 Å². The van der Waals surface area contributed by atoms with Gasteiger partial charge in [-0.25, -0.2) is 9.59 Å². The highest BCUT2D eigenvalue weighted by molar-refractivity contribution is 5.66. The zero-order valence-electron chi connectivity index (χ0n) is 10.0. The average Bonchev–Trinajstić information content (AvgIpc) is 2.34. The maximum Gasteiger partial charge on any atom is 0.405 e. The van der Waals surface area contributed by atoms with Crippen LogP contribution in [0.1, 0.15) is 25.0 Å². The maximum atomic E-state index is 10.9. The number of benzene rings is 1. The monoisotopic (exact) mass is 252 g/mol. The fourth-order valence-corrected chi connectivity index (χ4v) is 1.63.